The Morgan fingerprint density at radius 2 is 1.61 bits per heavy atom. The van der Waals surface area contributed by atoms with Gasteiger partial charge in [0.1, 0.15) is 0 Å². The van der Waals surface area contributed by atoms with Crippen molar-refractivity contribution in [3.05, 3.63) is 35.4 Å². The first-order chi connectivity index (χ1) is 17.3. The molecule has 1 aliphatic carbocycles. The summed E-state index contributed by atoms with van der Waals surface area (Å²) in [5.41, 5.74) is 6.77. The van der Waals surface area contributed by atoms with Crippen molar-refractivity contribution in [2.45, 2.75) is 57.5 Å². The maximum absolute atomic E-state index is 13.7. The number of ketones is 1. The van der Waals surface area contributed by atoms with E-state index in [9.17, 15) is 19.2 Å². The van der Waals surface area contributed by atoms with Gasteiger partial charge < -0.3 is 20.6 Å². The van der Waals surface area contributed by atoms with Gasteiger partial charge in [-0.15, -0.1) is 0 Å². The van der Waals surface area contributed by atoms with E-state index >= 15 is 0 Å². The predicted molar refractivity (Wildman–Crippen MR) is 134 cm³/mol. The van der Waals surface area contributed by atoms with Gasteiger partial charge in [0.2, 0.25) is 11.8 Å². The zero-order chi connectivity index (χ0) is 25.8. The van der Waals surface area contributed by atoms with Crippen molar-refractivity contribution in [1.82, 2.24) is 14.7 Å². The van der Waals surface area contributed by atoms with Gasteiger partial charge in [0.15, 0.2) is 5.78 Å². The van der Waals surface area contributed by atoms with E-state index in [1.54, 1.807) is 19.1 Å². The Kier molecular flexibility index (Phi) is 8.41. The fourth-order valence-corrected chi connectivity index (χ4v) is 5.99. The standard InChI is InChI=1S/C27H38N4O5/c1-18(32)29-10-12-30(13-11-29)23-15-24(25(33)14-19-2-8-22(9-3-19)27(35)36)31(17-23)26(34)21-6-4-20(16-28)5-7-21/h2-3,8-9,20-21,23-24H,4-7,10-17,28H2,1H3,(H,35,36)/t20?,21?,23-,24-/m0/s1. The SMILES string of the molecule is CC(=O)N1CCN([C@H]2C[C@@H](C(=O)Cc3ccc(C(=O)O)cc3)N(C(=O)C3CCC(CN)CC3)C2)CC1. The van der Waals surface area contributed by atoms with Gasteiger partial charge >= 0.3 is 5.97 Å². The highest BCUT2D eigenvalue weighted by molar-refractivity contribution is 5.92. The average molecular weight is 499 g/mol. The maximum Gasteiger partial charge on any atom is 0.335 e. The lowest BCUT2D eigenvalue weighted by Crippen LogP contribution is -2.52. The zero-order valence-corrected chi connectivity index (χ0v) is 21.1. The number of hydrogen-bond acceptors (Lipinski definition) is 6. The minimum absolute atomic E-state index is 0.00746. The van der Waals surface area contributed by atoms with E-state index < -0.39 is 12.0 Å². The highest BCUT2D eigenvalue weighted by atomic mass is 16.4. The van der Waals surface area contributed by atoms with Crippen LogP contribution in [0.4, 0.5) is 0 Å². The number of likely N-dealkylation sites (tertiary alicyclic amines) is 1. The third-order valence-electron chi connectivity index (χ3n) is 8.32. The maximum atomic E-state index is 13.7. The molecule has 2 heterocycles. The number of Topliss-reactive ketones (excluding diaryl/α,β-unsaturated/α-hetero) is 1. The fourth-order valence-electron chi connectivity index (χ4n) is 5.99. The van der Waals surface area contributed by atoms with Crippen LogP contribution >= 0.6 is 0 Å². The van der Waals surface area contributed by atoms with Gasteiger partial charge in [-0.05, 0) is 62.3 Å². The lowest BCUT2D eigenvalue weighted by atomic mass is 9.81. The lowest BCUT2D eigenvalue weighted by molar-refractivity contribution is -0.142. The molecule has 0 bridgehead atoms. The molecule has 3 aliphatic rings. The van der Waals surface area contributed by atoms with Crippen LogP contribution in [0.15, 0.2) is 24.3 Å². The van der Waals surface area contributed by atoms with Crippen LogP contribution in [0.2, 0.25) is 0 Å². The summed E-state index contributed by atoms with van der Waals surface area (Å²) >= 11 is 0. The molecule has 4 rings (SSSR count). The second kappa shape index (κ2) is 11.5. The molecule has 1 aromatic carbocycles. The van der Waals surface area contributed by atoms with Gasteiger partial charge in [-0.25, -0.2) is 4.79 Å². The third-order valence-corrected chi connectivity index (χ3v) is 8.32. The van der Waals surface area contributed by atoms with Crippen molar-refractivity contribution < 1.29 is 24.3 Å². The normalized spacial score (nSPS) is 27.2. The predicted octanol–water partition coefficient (Wildman–Crippen LogP) is 1.40. The average Bonchev–Trinajstić information content (AvgIpc) is 3.34. The molecule has 2 aliphatic heterocycles. The largest absolute Gasteiger partial charge is 0.478 e. The molecule has 0 unspecified atom stereocenters. The molecule has 1 aromatic rings. The first-order valence-electron chi connectivity index (χ1n) is 13.1. The molecular formula is C27H38N4O5. The molecule has 36 heavy (non-hydrogen) atoms. The Balaban J connectivity index is 1.47. The molecule has 0 radical (unpaired) electrons. The highest BCUT2D eigenvalue weighted by Gasteiger charge is 2.44. The fraction of sp³-hybridized carbons (Fsp3) is 0.630. The number of carboxylic acid groups (broad SMARTS) is 1. The Labute approximate surface area is 212 Å². The van der Waals surface area contributed by atoms with E-state index in [4.69, 9.17) is 10.8 Å². The van der Waals surface area contributed by atoms with E-state index in [-0.39, 0.29) is 41.5 Å². The Bertz CT molecular complexity index is 965. The molecule has 9 heteroatoms. The number of nitrogens with two attached hydrogens (primary N) is 1. The van der Waals surface area contributed by atoms with Crippen LogP contribution in [0.3, 0.4) is 0 Å². The van der Waals surface area contributed by atoms with Crippen LogP contribution in [0, 0.1) is 11.8 Å². The summed E-state index contributed by atoms with van der Waals surface area (Å²) in [6.45, 7) is 5.58. The van der Waals surface area contributed by atoms with E-state index in [2.05, 4.69) is 4.90 Å². The Morgan fingerprint density at radius 1 is 0.972 bits per heavy atom. The summed E-state index contributed by atoms with van der Waals surface area (Å²) in [4.78, 5) is 56.0. The monoisotopic (exact) mass is 498 g/mol. The van der Waals surface area contributed by atoms with Crippen molar-refractivity contribution in [3.63, 3.8) is 0 Å². The summed E-state index contributed by atoms with van der Waals surface area (Å²) in [6.07, 6.45) is 4.29. The number of amides is 2. The molecule has 2 saturated heterocycles. The quantitative estimate of drug-likeness (QED) is 0.582. The van der Waals surface area contributed by atoms with Crippen LogP contribution < -0.4 is 5.73 Å². The molecule has 9 nitrogen and oxygen atoms in total. The van der Waals surface area contributed by atoms with E-state index in [0.29, 0.717) is 38.5 Å². The van der Waals surface area contributed by atoms with Crippen LogP contribution in [-0.4, -0.2) is 94.7 Å². The van der Waals surface area contributed by atoms with E-state index in [1.165, 1.54) is 12.1 Å². The number of carbonyl (C=O) groups excluding carboxylic acids is 3. The number of aromatic carboxylic acids is 1. The summed E-state index contributed by atoms with van der Waals surface area (Å²) < 4.78 is 0. The molecule has 0 spiro atoms. The highest BCUT2D eigenvalue weighted by Crippen LogP contribution is 2.33. The number of carboxylic acids is 1. The van der Waals surface area contributed by atoms with Crippen molar-refractivity contribution >= 4 is 23.6 Å². The van der Waals surface area contributed by atoms with Gasteiger partial charge in [0, 0.05) is 58.0 Å². The van der Waals surface area contributed by atoms with Gasteiger partial charge in [-0.3, -0.25) is 19.3 Å². The van der Waals surface area contributed by atoms with Gasteiger partial charge in [0.05, 0.1) is 11.6 Å². The molecule has 3 fully saturated rings. The Morgan fingerprint density at radius 3 is 2.17 bits per heavy atom. The number of piperazine rings is 1. The summed E-state index contributed by atoms with van der Waals surface area (Å²) in [5.74, 6) is -0.442. The lowest BCUT2D eigenvalue weighted by Gasteiger charge is -2.37. The molecule has 1 saturated carbocycles. The molecule has 196 valence electrons. The van der Waals surface area contributed by atoms with Crippen molar-refractivity contribution in [2.75, 3.05) is 39.3 Å². The number of hydrogen-bond donors (Lipinski definition) is 2. The summed E-state index contributed by atoms with van der Waals surface area (Å²) in [6, 6.07) is 5.97. The number of rotatable bonds is 7. The second-order valence-corrected chi connectivity index (χ2v) is 10.5. The first-order valence-corrected chi connectivity index (χ1v) is 13.1. The van der Waals surface area contributed by atoms with Gasteiger partial charge in [0.25, 0.3) is 0 Å². The third kappa shape index (κ3) is 5.95. The minimum atomic E-state index is -1.00. The van der Waals surface area contributed by atoms with E-state index in [1.807, 2.05) is 9.80 Å². The molecule has 2 amide bonds. The van der Waals surface area contributed by atoms with Gasteiger partial charge in [-0.1, -0.05) is 12.1 Å². The topological polar surface area (TPSA) is 124 Å². The van der Waals surface area contributed by atoms with Crippen molar-refractivity contribution in [3.8, 4) is 0 Å². The molecular weight excluding hydrogens is 460 g/mol. The van der Waals surface area contributed by atoms with Crippen molar-refractivity contribution in [1.29, 1.82) is 0 Å². The number of nitrogens with zero attached hydrogens (tertiary/aromatic N) is 3. The first kappa shape index (κ1) is 26.3. The van der Waals surface area contributed by atoms with Crippen LogP contribution in [0.1, 0.15) is 54.9 Å². The van der Waals surface area contributed by atoms with Crippen LogP contribution in [-0.2, 0) is 20.8 Å². The smallest absolute Gasteiger partial charge is 0.335 e. The van der Waals surface area contributed by atoms with E-state index in [0.717, 1.165) is 44.3 Å². The molecule has 3 N–H and O–H groups in total. The molecule has 0 aromatic heterocycles. The minimum Gasteiger partial charge on any atom is -0.478 e. The summed E-state index contributed by atoms with van der Waals surface area (Å²) in [5, 5.41) is 9.14. The van der Waals surface area contributed by atoms with Crippen LogP contribution in [0.25, 0.3) is 0 Å². The number of carbonyl (C=O) groups is 4. The van der Waals surface area contributed by atoms with Gasteiger partial charge in [-0.2, -0.15) is 0 Å². The Hall–Kier alpha value is -2.78. The second-order valence-electron chi connectivity index (χ2n) is 10.5. The molecule has 2 atom stereocenters. The number of benzene rings is 1. The van der Waals surface area contributed by atoms with Crippen molar-refractivity contribution in [2.24, 2.45) is 17.6 Å². The summed E-state index contributed by atoms with van der Waals surface area (Å²) in [7, 11) is 0. The van der Waals surface area contributed by atoms with Crippen LogP contribution in [0.5, 0.6) is 0 Å². The zero-order valence-electron chi connectivity index (χ0n) is 21.1.